The van der Waals surface area contributed by atoms with Crippen LogP contribution in [0.15, 0.2) is 48.5 Å². The molecular weight excluding hydrogens is 293 g/mol. The lowest BCUT2D eigenvalue weighted by atomic mass is 10.1. The standard InChI is InChI=1S/C17H18FN5/c1-13-7-9-14(10-8-13)17-19-21-23(20-17)12-22(2)11-15-5-3-4-6-16(15)18/h3-10H,11-12H2,1-2H3. The van der Waals surface area contributed by atoms with E-state index in [4.69, 9.17) is 0 Å². The lowest BCUT2D eigenvalue weighted by molar-refractivity contribution is 0.224. The third kappa shape index (κ3) is 3.78. The van der Waals surface area contributed by atoms with Gasteiger partial charge < -0.3 is 0 Å². The van der Waals surface area contributed by atoms with Gasteiger partial charge >= 0.3 is 0 Å². The molecule has 0 aliphatic rings. The van der Waals surface area contributed by atoms with Crippen molar-refractivity contribution in [2.24, 2.45) is 0 Å². The molecule has 118 valence electrons. The summed E-state index contributed by atoms with van der Waals surface area (Å²) in [5.41, 5.74) is 2.76. The largest absolute Gasteiger partial charge is 0.282 e. The van der Waals surface area contributed by atoms with Crippen LogP contribution in [0.5, 0.6) is 0 Å². The van der Waals surface area contributed by atoms with Crippen molar-refractivity contribution in [3.05, 3.63) is 65.5 Å². The topological polar surface area (TPSA) is 46.8 Å². The highest BCUT2D eigenvalue weighted by atomic mass is 19.1. The van der Waals surface area contributed by atoms with Crippen molar-refractivity contribution in [3.63, 3.8) is 0 Å². The highest BCUT2D eigenvalue weighted by Gasteiger charge is 2.09. The van der Waals surface area contributed by atoms with Gasteiger partial charge in [-0.1, -0.05) is 48.0 Å². The molecule has 0 bridgehead atoms. The Labute approximate surface area is 134 Å². The Kier molecular flexibility index (Phi) is 4.43. The summed E-state index contributed by atoms with van der Waals surface area (Å²) in [6.45, 7) is 2.95. The van der Waals surface area contributed by atoms with E-state index in [0.717, 1.165) is 5.56 Å². The van der Waals surface area contributed by atoms with Crippen molar-refractivity contribution in [2.75, 3.05) is 7.05 Å². The average Bonchev–Trinajstić information content (AvgIpc) is 2.98. The number of halogens is 1. The number of benzene rings is 2. The molecule has 5 nitrogen and oxygen atoms in total. The summed E-state index contributed by atoms with van der Waals surface area (Å²) in [4.78, 5) is 3.44. The van der Waals surface area contributed by atoms with Gasteiger partial charge in [-0.2, -0.15) is 0 Å². The van der Waals surface area contributed by atoms with Crippen molar-refractivity contribution in [2.45, 2.75) is 20.1 Å². The lowest BCUT2D eigenvalue weighted by Gasteiger charge is -2.15. The van der Waals surface area contributed by atoms with E-state index in [1.807, 2.05) is 49.2 Å². The zero-order chi connectivity index (χ0) is 16.2. The second kappa shape index (κ2) is 6.66. The molecular formula is C17H18FN5. The number of nitrogens with zero attached hydrogens (tertiary/aromatic N) is 5. The Bertz CT molecular complexity index is 782. The maximum atomic E-state index is 13.7. The summed E-state index contributed by atoms with van der Waals surface area (Å²) in [6, 6.07) is 14.7. The number of rotatable bonds is 5. The molecule has 0 N–H and O–H groups in total. The summed E-state index contributed by atoms with van der Waals surface area (Å²) in [5.74, 6) is 0.385. The molecule has 0 atom stereocenters. The van der Waals surface area contributed by atoms with Gasteiger partial charge in [-0.05, 0) is 25.3 Å². The normalized spacial score (nSPS) is 11.1. The van der Waals surface area contributed by atoms with Gasteiger partial charge in [0, 0.05) is 17.7 Å². The third-order valence-corrected chi connectivity index (χ3v) is 3.53. The molecule has 3 aromatic rings. The molecule has 1 heterocycles. The van der Waals surface area contributed by atoms with Crippen LogP contribution in [0.1, 0.15) is 11.1 Å². The van der Waals surface area contributed by atoms with Crippen LogP contribution in [0, 0.1) is 12.7 Å². The molecule has 1 aromatic heterocycles. The Hall–Kier alpha value is -2.60. The predicted molar refractivity (Wildman–Crippen MR) is 85.9 cm³/mol. The van der Waals surface area contributed by atoms with E-state index in [1.165, 1.54) is 16.4 Å². The first kappa shape index (κ1) is 15.3. The fourth-order valence-electron chi connectivity index (χ4n) is 2.30. The molecule has 0 amide bonds. The first-order valence-electron chi connectivity index (χ1n) is 7.38. The summed E-state index contributed by atoms with van der Waals surface area (Å²) < 4.78 is 13.7. The molecule has 0 radical (unpaired) electrons. The van der Waals surface area contributed by atoms with Gasteiger partial charge in [-0.15, -0.1) is 15.0 Å². The van der Waals surface area contributed by atoms with Crippen LogP contribution in [-0.4, -0.2) is 32.2 Å². The van der Waals surface area contributed by atoms with Crippen LogP contribution in [0.25, 0.3) is 11.4 Å². The summed E-state index contributed by atoms with van der Waals surface area (Å²) in [5, 5.41) is 12.5. The second-order valence-electron chi connectivity index (χ2n) is 5.60. The van der Waals surface area contributed by atoms with E-state index < -0.39 is 0 Å². The quantitative estimate of drug-likeness (QED) is 0.727. The molecule has 2 aromatic carbocycles. The van der Waals surface area contributed by atoms with Crippen LogP contribution >= 0.6 is 0 Å². The lowest BCUT2D eigenvalue weighted by Crippen LogP contribution is -2.23. The molecule has 0 fully saturated rings. The molecule has 3 rings (SSSR count). The van der Waals surface area contributed by atoms with Crippen molar-refractivity contribution in [3.8, 4) is 11.4 Å². The summed E-state index contributed by atoms with van der Waals surface area (Å²) >= 11 is 0. The Morgan fingerprint density at radius 3 is 2.57 bits per heavy atom. The monoisotopic (exact) mass is 311 g/mol. The Morgan fingerprint density at radius 1 is 1.09 bits per heavy atom. The highest BCUT2D eigenvalue weighted by Crippen LogP contribution is 2.14. The van der Waals surface area contributed by atoms with Crippen molar-refractivity contribution >= 4 is 0 Å². The number of tetrazole rings is 1. The van der Waals surface area contributed by atoms with E-state index in [0.29, 0.717) is 24.6 Å². The van der Waals surface area contributed by atoms with Gasteiger partial charge in [0.05, 0.1) is 0 Å². The smallest absolute Gasteiger partial charge is 0.204 e. The zero-order valence-corrected chi connectivity index (χ0v) is 13.1. The molecule has 0 aliphatic carbocycles. The highest BCUT2D eigenvalue weighted by molar-refractivity contribution is 5.53. The average molecular weight is 311 g/mol. The first-order chi connectivity index (χ1) is 11.1. The minimum Gasteiger partial charge on any atom is -0.282 e. The van der Waals surface area contributed by atoms with Gasteiger partial charge in [0.25, 0.3) is 0 Å². The minimum absolute atomic E-state index is 0.203. The maximum Gasteiger partial charge on any atom is 0.204 e. The van der Waals surface area contributed by atoms with Crippen LogP contribution in [0.2, 0.25) is 0 Å². The summed E-state index contributed by atoms with van der Waals surface area (Å²) in [7, 11) is 1.89. The number of aryl methyl sites for hydroxylation is 1. The van der Waals surface area contributed by atoms with Crippen molar-refractivity contribution < 1.29 is 4.39 Å². The Balaban J connectivity index is 1.67. The molecule has 0 saturated heterocycles. The van der Waals surface area contributed by atoms with Crippen molar-refractivity contribution in [1.82, 2.24) is 25.1 Å². The van der Waals surface area contributed by atoms with E-state index in [9.17, 15) is 4.39 Å². The van der Waals surface area contributed by atoms with E-state index >= 15 is 0 Å². The molecule has 0 aliphatic heterocycles. The van der Waals surface area contributed by atoms with E-state index in [-0.39, 0.29) is 5.82 Å². The van der Waals surface area contributed by atoms with Crippen LogP contribution in [0.4, 0.5) is 4.39 Å². The fourth-order valence-corrected chi connectivity index (χ4v) is 2.30. The predicted octanol–water partition coefficient (Wildman–Crippen LogP) is 2.88. The number of hydrogen-bond donors (Lipinski definition) is 0. The second-order valence-corrected chi connectivity index (χ2v) is 5.60. The van der Waals surface area contributed by atoms with Crippen LogP contribution in [-0.2, 0) is 13.2 Å². The SMILES string of the molecule is Cc1ccc(-c2nnn(CN(C)Cc3ccccc3F)n2)cc1. The van der Waals surface area contributed by atoms with Gasteiger partial charge in [0.1, 0.15) is 12.5 Å². The van der Waals surface area contributed by atoms with Crippen LogP contribution in [0.3, 0.4) is 0 Å². The van der Waals surface area contributed by atoms with Gasteiger partial charge in [-0.3, -0.25) is 4.90 Å². The molecule has 0 saturated carbocycles. The first-order valence-corrected chi connectivity index (χ1v) is 7.38. The third-order valence-electron chi connectivity index (χ3n) is 3.53. The number of aromatic nitrogens is 4. The van der Waals surface area contributed by atoms with Gasteiger partial charge in [0.2, 0.25) is 5.82 Å². The fraction of sp³-hybridized carbons (Fsp3) is 0.235. The van der Waals surface area contributed by atoms with E-state index in [2.05, 4.69) is 15.4 Å². The molecule has 23 heavy (non-hydrogen) atoms. The van der Waals surface area contributed by atoms with E-state index in [1.54, 1.807) is 12.1 Å². The van der Waals surface area contributed by atoms with Gasteiger partial charge in [-0.25, -0.2) is 4.39 Å². The minimum atomic E-state index is -0.203. The summed E-state index contributed by atoms with van der Waals surface area (Å²) in [6.07, 6.45) is 0. The number of hydrogen-bond acceptors (Lipinski definition) is 4. The van der Waals surface area contributed by atoms with Crippen molar-refractivity contribution in [1.29, 1.82) is 0 Å². The molecule has 0 spiro atoms. The molecule has 6 heteroatoms. The zero-order valence-electron chi connectivity index (χ0n) is 13.1. The molecule has 0 unspecified atom stereocenters. The van der Waals surface area contributed by atoms with Gasteiger partial charge in [0.15, 0.2) is 0 Å². The van der Waals surface area contributed by atoms with Crippen LogP contribution < -0.4 is 0 Å². The Morgan fingerprint density at radius 2 is 1.83 bits per heavy atom. The maximum absolute atomic E-state index is 13.7.